The lowest BCUT2D eigenvalue weighted by Gasteiger charge is -2.33. The van der Waals surface area contributed by atoms with Gasteiger partial charge in [-0.05, 0) is 42.3 Å². The van der Waals surface area contributed by atoms with Crippen LogP contribution in [-0.4, -0.2) is 51.0 Å². The molecule has 0 heterocycles. The molecule has 7 nitrogen and oxygen atoms in total. The molecule has 0 aromatic heterocycles. The summed E-state index contributed by atoms with van der Waals surface area (Å²) in [6.07, 6.45) is 1.32. The Bertz CT molecular complexity index is 1300. The first-order chi connectivity index (χ1) is 17.1. The van der Waals surface area contributed by atoms with Crippen molar-refractivity contribution in [1.29, 1.82) is 0 Å². The van der Waals surface area contributed by atoms with Gasteiger partial charge in [0.2, 0.25) is 21.8 Å². The number of nitrogens with one attached hydrogen (secondary N) is 1. The van der Waals surface area contributed by atoms with E-state index in [9.17, 15) is 18.0 Å². The molecule has 0 bridgehead atoms. The zero-order valence-electron chi connectivity index (χ0n) is 20.5. The molecule has 1 atom stereocenters. The number of hydrogen-bond acceptors (Lipinski definition) is 4. The average molecular weight is 528 g/mol. The molecular formula is C27H30ClN3O4S. The molecular weight excluding hydrogens is 498 g/mol. The molecule has 0 saturated carbocycles. The number of halogens is 1. The van der Waals surface area contributed by atoms with Crippen LogP contribution in [0.4, 0.5) is 5.69 Å². The van der Waals surface area contributed by atoms with E-state index in [0.29, 0.717) is 10.7 Å². The summed E-state index contributed by atoms with van der Waals surface area (Å²) in [5, 5.41) is 3.11. The van der Waals surface area contributed by atoms with E-state index in [2.05, 4.69) is 5.32 Å². The van der Waals surface area contributed by atoms with Gasteiger partial charge in [0.15, 0.2) is 0 Å². The summed E-state index contributed by atoms with van der Waals surface area (Å²) in [7, 11) is -2.29. The maximum absolute atomic E-state index is 13.8. The van der Waals surface area contributed by atoms with Gasteiger partial charge in [0.05, 0.1) is 11.9 Å². The number of amides is 2. The Morgan fingerprint density at radius 2 is 1.58 bits per heavy atom. The Balaban J connectivity index is 2.02. The minimum absolute atomic E-state index is 0.143. The Hall–Kier alpha value is -3.36. The second kappa shape index (κ2) is 12.1. The van der Waals surface area contributed by atoms with Gasteiger partial charge in [-0.1, -0.05) is 71.8 Å². The molecule has 0 spiro atoms. The molecule has 3 rings (SSSR count). The van der Waals surface area contributed by atoms with Crippen molar-refractivity contribution in [1.82, 2.24) is 10.2 Å². The van der Waals surface area contributed by atoms with Crippen molar-refractivity contribution >= 4 is 39.1 Å². The zero-order chi connectivity index (χ0) is 26.3. The number of sulfonamides is 1. The monoisotopic (exact) mass is 527 g/mol. The van der Waals surface area contributed by atoms with Crippen molar-refractivity contribution < 1.29 is 18.0 Å². The zero-order valence-corrected chi connectivity index (χ0v) is 22.1. The summed E-state index contributed by atoms with van der Waals surface area (Å²) in [4.78, 5) is 28.3. The van der Waals surface area contributed by atoms with Gasteiger partial charge in [0.25, 0.3) is 0 Å². The Labute approximate surface area is 217 Å². The van der Waals surface area contributed by atoms with Crippen LogP contribution in [0.1, 0.15) is 16.7 Å². The molecule has 3 aromatic rings. The lowest BCUT2D eigenvalue weighted by atomic mass is 10.0. The van der Waals surface area contributed by atoms with Crippen LogP contribution in [0.3, 0.4) is 0 Å². The van der Waals surface area contributed by atoms with Gasteiger partial charge in [-0.25, -0.2) is 8.42 Å². The number of benzene rings is 3. The Morgan fingerprint density at radius 1 is 0.944 bits per heavy atom. The summed E-state index contributed by atoms with van der Waals surface area (Å²) in [5.74, 6) is -0.835. The smallest absolute Gasteiger partial charge is 0.244 e. The molecule has 0 aliphatic carbocycles. The highest BCUT2D eigenvalue weighted by atomic mass is 35.5. The van der Waals surface area contributed by atoms with Crippen LogP contribution >= 0.6 is 11.6 Å². The number of likely N-dealkylation sites (N-methyl/N-ethyl adjacent to an activating group) is 1. The minimum Gasteiger partial charge on any atom is -0.357 e. The maximum atomic E-state index is 13.8. The lowest BCUT2D eigenvalue weighted by molar-refractivity contribution is -0.139. The molecule has 36 heavy (non-hydrogen) atoms. The SMILES string of the molecule is CNC(=O)[C@@H](Cc1ccccc1)N(Cc1cccc(C)c1)C(=O)CN(c1ccc(Cl)cc1)S(C)(=O)=O. The number of rotatable bonds is 10. The quantitative estimate of drug-likeness (QED) is 0.434. The third-order valence-electron chi connectivity index (χ3n) is 5.75. The number of nitrogens with zero attached hydrogens (tertiary/aromatic N) is 2. The molecule has 0 radical (unpaired) electrons. The van der Waals surface area contributed by atoms with Crippen LogP contribution in [0.25, 0.3) is 0 Å². The van der Waals surface area contributed by atoms with Gasteiger partial charge in [-0.3, -0.25) is 13.9 Å². The van der Waals surface area contributed by atoms with Gasteiger partial charge in [0, 0.05) is 25.0 Å². The van der Waals surface area contributed by atoms with Crippen molar-refractivity contribution in [2.24, 2.45) is 0 Å². The van der Waals surface area contributed by atoms with Crippen molar-refractivity contribution in [3.63, 3.8) is 0 Å². The molecule has 0 unspecified atom stereocenters. The molecule has 9 heteroatoms. The summed E-state index contributed by atoms with van der Waals surface area (Å²) in [6.45, 7) is 1.63. The van der Waals surface area contributed by atoms with E-state index in [1.54, 1.807) is 24.3 Å². The third kappa shape index (κ3) is 7.32. The first kappa shape index (κ1) is 27.2. The van der Waals surface area contributed by atoms with Crippen LogP contribution in [-0.2, 0) is 32.6 Å². The van der Waals surface area contributed by atoms with Crippen LogP contribution in [0.2, 0.25) is 5.02 Å². The summed E-state index contributed by atoms with van der Waals surface area (Å²) >= 11 is 5.97. The van der Waals surface area contributed by atoms with Gasteiger partial charge < -0.3 is 10.2 Å². The second-order valence-corrected chi connectivity index (χ2v) is 10.9. The first-order valence-electron chi connectivity index (χ1n) is 11.4. The Morgan fingerprint density at radius 3 is 2.17 bits per heavy atom. The average Bonchev–Trinajstić information content (AvgIpc) is 2.84. The number of anilines is 1. The maximum Gasteiger partial charge on any atom is 0.244 e. The lowest BCUT2D eigenvalue weighted by Crippen LogP contribution is -2.52. The number of aryl methyl sites for hydroxylation is 1. The summed E-state index contributed by atoms with van der Waals surface area (Å²) in [6, 6.07) is 22.4. The minimum atomic E-state index is -3.81. The van der Waals surface area contributed by atoms with E-state index >= 15 is 0 Å². The van der Waals surface area contributed by atoms with E-state index in [4.69, 9.17) is 11.6 Å². The molecule has 0 aliphatic heterocycles. The highest BCUT2D eigenvalue weighted by Crippen LogP contribution is 2.22. The number of carbonyl (C=O) groups is 2. The standard InChI is InChI=1S/C27H30ClN3O4S/c1-20-8-7-11-22(16-20)18-30(25(27(33)29-2)17-21-9-5-4-6-10-21)26(32)19-31(36(3,34)35)24-14-12-23(28)13-15-24/h4-16,25H,17-19H2,1-3H3,(H,29,33)/t25-/m1/s1. The van der Waals surface area contributed by atoms with Crippen LogP contribution in [0.15, 0.2) is 78.9 Å². The highest BCUT2D eigenvalue weighted by Gasteiger charge is 2.32. The fourth-order valence-corrected chi connectivity index (χ4v) is 4.92. The van der Waals surface area contributed by atoms with Crippen LogP contribution < -0.4 is 9.62 Å². The topological polar surface area (TPSA) is 86.8 Å². The normalized spacial score (nSPS) is 12.0. The van der Waals surface area contributed by atoms with Crippen molar-refractivity contribution in [2.45, 2.75) is 25.9 Å². The predicted octanol–water partition coefficient (Wildman–Crippen LogP) is 3.80. The van der Waals surface area contributed by atoms with Crippen molar-refractivity contribution in [3.05, 3.63) is 101 Å². The molecule has 190 valence electrons. The predicted molar refractivity (Wildman–Crippen MR) is 143 cm³/mol. The van der Waals surface area contributed by atoms with Crippen molar-refractivity contribution in [3.8, 4) is 0 Å². The summed E-state index contributed by atoms with van der Waals surface area (Å²) in [5.41, 5.74) is 3.04. The number of carbonyl (C=O) groups excluding carboxylic acids is 2. The van der Waals surface area contributed by atoms with E-state index in [-0.39, 0.29) is 18.9 Å². The van der Waals surface area contributed by atoms with E-state index < -0.39 is 28.5 Å². The Kier molecular flexibility index (Phi) is 9.12. The van der Waals surface area contributed by atoms with Crippen LogP contribution in [0, 0.1) is 6.92 Å². The molecule has 0 aliphatic rings. The fourth-order valence-electron chi connectivity index (χ4n) is 3.95. The van der Waals surface area contributed by atoms with Gasteiger partial charge in [-0.15, -0.1) is 0 Å². The molecule has 1 N–H and O–H groups in total. The second-order valence-electron chi connectivity index (χ2n) is 8.58. The van der Waals surface area contributed by atoms with E-state index in [1.165, 1.54) is 11.9 Å². The van der Waals surface area contributed by atoms with Crippen molar-refractivity contribution in [2.75, 3.05) is 24.2 Å². The fraction of sp³-hybridized carbons (Fsp3) is 0.259. The van der Waals surface area contributed by atoms with E-state index in [0.717, 1.165) is 27.3 Å². The molecule has 2 amide bonds. The molecule has 0 fully saturated rings. The van der Waals surface area contributed by atoms with Gasteiger partial charge in [-0.2, -0.15) is 0 Å². The van der Waals surface area contributed by atoms with Crippen LogP contribution in [0.5, 0.6) is 0 Å². The van der Waals surface area contributed by atoms with Gasteiger partial charge >= 0.3 is 0 Å². The molecule has 3 aromatic carbocycles. The van der Waals surface area contributed by atoms with E-state index in [1.807, 2.05) is 61.5 Å². The van der Waals surface area contributed by atoms with Gasteiger partial charge in [0.1, 0.15) is 12.6 Å². The highest BCUT2D eigenvalue weighted by molar-refractivity contribution is 7.92. The first-order valence-corrected chi connectivity index (χ1v) is 13.6. The third-order valence-corrected chi connectivity index (χ3v) is 7.14. The largest absolute Gasteiger partial charge is 0.357 e. The molecule has 0 saturated heterocycles. The number of hydrogen-bond donors (Lipinski definition) is 1. The summed E-state index contributed by atoms with van der Waals surface area (Å²) < 4.78 is 26.4.